The van der Waals surface area contributed by atoms with Gasteiger partial charge in [-0.2, -0.15) is 4.98 Å². The summed E-state index contributed by atoms with van der Waals surface area (Å²) in [6.45, 7) is 0.169. The number of fused-ring (bicyclic) bond motifs is 1. The third kappa shape index (κ3) is 6.09. The molecule has 6 N–H and O–H groups in total. The lowest BCUT2D eigenvalue weighted by molar-refractivity contribution is -0.151. The average molecular weight is 469 g/mol. The number of nitrogens with zero attached hydrogens (tertiary/aromatic N) is 3. The molecule has 1 amide bonds. The van der Waals surface area contributed by atoms with Crippen molar-refractivity contribution < 1.29 is 29.0 Å². The average Bonchev–Trinajstić information content (AvgIpc) is 2.80. The van der Waals surface area contributed by atoms with Crippen LogP contribution in [-0.4, -0.2) is 55.4 Å². The first kappa shape index (κ1) is 23.8. The minimum atomic E-state index is -1.34. The summed E-state index contributed by atoms with van der Waals surface area (Å²) < 4.78 is 4.10. The fourth-order valence-corrected chi connectivity index (χ4v) is 2.86. The molecule has 1 aromatic carbocycles. The van der Waals surface area contributed by atoms with Gasteiger partial charge < -0.3 is 26.2 Å². The number of hydrogen-bond donors (Lipinski definition) is 5. The molecule has 3 rings (SSSR count). The van der Waals surface area contributed by atoms with Gasteiger partial charge in [0.2, 0.25) is 5.95 Å². The lowest BCUT2D eigenvalue weighted by Crippen LogP contribution is -2.41. The number of hydrogen-bond acceptors (Lipinski definition) is 11. The van der Waals surface area contributed by atoms with Crippen LogP contribution in [0.25, 0.3) is 11.2 Å². The van der Waals surface area contributed by atoms with Crippen LogP contribution >= 0.6 is 0 Å². The number of carbonyl (C=O) groups excluding carboxylic acids is 3. The Balaban J connectivity index is 1.59. The summed E-state index contributed by atoms with van der Waals surface area (Å²) in [6, 6.07) is 4.79. The Hall–Kier alpha value is -4.88. The van der Waals surface area contributed by atoms with Gasteiger partial charge in [-0.1, -0.05) is 0 Å². The maximum absolute atomic E-state index is 12.4. The molecule has 0 saturated heterocycles. The predicted molar refractivity (Wildman–Crippen MR) is 116 cm³/mol. The van der Waals surface area contributed by atoms with Gasteiger partial charge in [0, 0.05) is 17.7 Å². The number of esters is 1. The van der Waals surface area contributed by atoms with Crippen molar-refractivity contribution in [3.05, 3.63) is 52.1 Å². The molecule has 14 heteroatoms. The van der Waals surface area contributed by atoms with E-state index in [1.807, 2.05) is 0 Å². The zero-order valence-corrected chi connectivity index (χ0v) is 17.5. The smallest absolute Gasteiger partial charge is 0.326 e. The van der Waals surface area contributed by atoms with Crippen LogP contribution in [0.4, 0.5) is 11.6 Å². The normalized spacial score (nSPS) is 11.4. The molecule has 0 saturated carbocycles. The van der Waals surface area contributed by atoms with Gasteiger partial charge in [0.1, 0.15) is 6.04 Å². The minimum absolute atomic E-state index is 0.0490. The first-order valence-electron chi connectivity index (χ1n) is 9.79. The van der Waals surface area contributed by atoms with Crippen LogP contribution in [0.15, 0.2) is 35.3 Å². The summed E-state index contributed by atoms with van der Waals surface area (Å²) in [4.78, 5) is 71.5. The Kier molecular flexibility index (Phi) is 7.43. The lowest BCUT2D eigenvalue weighted by Gasteiger charge is -2.14. The molecule has 0 aliphatic carbocycles. The highest BCUT2D eigenvalue weighted by molar-refractivity contribution is 5.97. The molecule has 176 valence electrons. The van der Waals surface area contributed by atoms with E-state index in [0.717, 1.165) is 0 Å². The molecule has 0 bridgehead atoms. The summed E-state index contributed by atoms with van der Waals surface area (Å²) in [7, 11) is 0. The predicted octanol–water partition coefficient (Wildman–Crippen LogP) is -0.430. The zero-order valence-electron chi connectivity index (χ0n) is 17.5. The lowest BCUT2D eigenvalue weighted by atomic mass is 10.1. The van der Waals surface area contributed by atoms with Crippen LogP contribution < -0.4 is 21.9 Å². The van der Waals surface area contributed by atoms with Crippen molar-refractivity contribution >= 4 is 47.1 Å². The van der Waals surface area contributed by atoms with E-state index in [4.69, 9.17) is 5.73 Å². The molecular formula is C20H19N7O7. The first-order chi connectivity index (χ1) is 16.3. The second-order valence-corrected chi connectivity index (χ2v) is 6.90. The molecule has 2 aromatic heterocycles. The summed E-state index contributed by atoms with van der Waals surface area (Å²) in [6.07, 6.45) is 0.844. The van der Waals surface area contributed by atoms with Gasteiger partial charge in [-0.15, -0.1) is 0 Å². The SMILES string of the molecule is Nc1nc2ncc(CNc3ccc(C(=O)N[C@@H](CCC(=O)OC=O)C(=O)O)cc3)nc2c(=O)[nH]1. The van der Waals surface area contributed by atoms with Crippen molar-refractivity contribution in [3.8, 4) is 0 Å². The minimum Gasteiger partial charge on any atom is -0.480 e. The van der Waals surface area contributed by atoms with Crippen LogP contribution in [0.3, 0.4) is 0 Å². The van der Waals surface area contributed by atoms with Crippen LogP contribution in [0.2, 0.25) is 0 Å². The second kappa shape index (κ2) is 10.6. The summed E-state index contributed by atoms with van der Waals surface area (Å²) >= 11 is 0. The van der Waals surface area contributed by atoms with Crippen molar-refractivity contribution in [2.45, 2.75) is 25.4 Å². The molecule has 1 atom stereocenters. The molecule has 0 spiro atoms. The van der Waals surface area contributed by atoms with Gasteiger partial charge in [-0.05, 0) is 30.7 Å². The quantitative estimate of drug-likeness (QED) is 0.145. The number of benzene rings is 1. The second-order valence-electron chi connectivity index (χ2n) is 6.90. The number of rotatable bonds is 10. The topological polar surface area (TPSA) is 219 Å². The number of aliphatic carboxylic acids is 1. The Labute approximate surface area is 190 Å². The molecule has 14 nitrogen and oxygen atoms in total. The fourth-order valence-electron chi connectivity index (χ4n) is 2.86. The highest BCUT2D eigenvalue weighted by Crippen LogP contribution is 2.12. The van der Waals surface area contributed by atoms with Crippen molar-refractivity contribution in [3.63, 3.8) is 0 Å². The summed E-state index contributed by atoms with van der Waals surface area (Å²) in [5.74, 6) is -2.95. The van der Waals surface area contributed by atoms with Gasteiger partial charge in [-0.25, -0.2) is 14.8 Å². The van der Waals surface area contributed by atoms with Crippen LogP contribution in [0.5, 0.6) is 0 Å². The number of nitrogens with one attached hydrogen (secondary N) is 3. The van der Waals surface area contributed by atoms with E-state index in [-0.39, 0.29) is 48.5 Å². The molecule has 0 unspecified atom stereocenters. The van der Waals surface area contributed by atoms with Crippen LogP contribution in [0.1, 0.15) is 28.9 Å². The van der Waals surface area contributed by atoms with Gasteiger partial charge in [0.25, 0.3) is 11.5 Å². The molecular weight excluding hydrogens is 450 g/mol. The molecule has 0 radical (unpaired) electrons. The monoisotopic (exact) mass is 469 g/mol. The summed E-state index contributed by atoms with van der Waals surface area (Å²) in [5, 5.41) is 14.6. The number of aromatic amines is 1. The highest BCUT2D eigenvalue weighted by atomic mass is 16.6. The van der Waals surface area contributed by atoms with Crippen molar-refractivity contribution in [2.24, 2.45) is 0 Å². The Bertz CT molecular complexity index is 1290. The Morgan fingerprint density at radius 2 is 1.94 bits per heavy atom. The van der Waals surface area contributed by atoms with Gasteiger partial charge >= 0.3 is 18.4 Å². The van der Waals surface area contributed by atoms with E-state index in [0.29, 0.717) is 11.4 Å². The molecule has 2 heterocycles. The van der Waals surface area contributed by atoms with Crippen LogP contribution in [0, 0.1) is 0 Å². The number of aromatic nitrogens is 4. The zero-order chi connectivity index (χ0) is 24.7. The van der Waals surface area contributed by atoms with E-state index in [1.54, 1.807) is 12.1 Å². The van der Waals surface area contributed by atoms with Crippen molar-refractivity contribution in [2.75, 3.05) is 11.1 Å². The number of nitrogen functional groups attached to an aromatic ring is 1. The molecule has 34 heavy (non-hydrogen) atoms. The maximum atomic E-state index is 12.4. The molecule has 0 aliphatic heterocycles. The van der Waals surface area contributed by atoms with Crippen molar-refractivity contribution in [1.29, 1.82) is 0 Å². The Morgan fingerprint density at radius 3 is 2.62 bits per heavy atom. The van der Waals surface area contributed by atoms with Gasteiger partial charge in [0.05, 0.1) is 18.4 Å². The fraction of sp³-hybridized carbons (Fsp3) is 0.200. The first-order valence-corrected chi connectivity index (χ1v) is 9.79. The molecule has 3 aromatic rings. The summed E-state index contributed by atoms with van der Waals surface area (Å²) in [5.41, 5.74) is 6.41. The number of H-pyrrole nitrogens is 1. The van der Waals surface area contributed by atoms with Crippen molar-refractivity contribution in [1.82, 2.24) is 25.3 Å². The number of amides is 1. The largest absolute Gasteiger partial charge is 0.480 e. The molecule has 0 fully saturated rings. The third-order valence-electron chi connectivity index (χ3n) is 4.53. The van der Waals surface area contributed by atoms with E-state index < -0.39 is 29.4 Å². The molecule has 0 aliphatic rings. The number of carboxylic acid groups (broad SMARTS) is 1. The van der Waals surface area contributed by atoms with Gasteiger partial charge in [0.15, 0.2) is 11.2 Å². The number of carboxylic acids is 1. The van der Waals surface area contributed by atoms with E-state index in [1.165, 1.54) is 18.3 Å². The number of nitrogens with two attached hydrogens (primary N) is 1. The Morgan fingerprint density at radius 1 is 1.21 bits per heavy atom. The van der Waals surface area contributed by atoms with Crippen LogP contribution in [-0.2, 0) is 25.7 Å². The number of ether oxygens (including phenoxy) is 1. The van der Waals surface area contributed by atoms with Gasteiger partial charge in [-0.3, -0.25) is 24.2 Å². The van der Waals surface area contributed by atoms with E-state index in [2.05, 4.69) is 35.3 Å². The van der Waals surface area contributed by atoms with E-state index >= 15 is 0 Å². The maximum Gasteiger partial charge on any atom is 0.326 e. The standard InChI is InChI=1S/C20H19N7O7/c21-20-26-16-15(18(31)27-20)24-12(8-23-16)7-22-11-3-1-10(2-4-11)17(30)25-13(19(32)33)5-6-14(29)34-9-28/h1-4,8-9,13,22H,5-7H2,(H,25,30)(H,32,33)(H3,21,23,26,27,31)/t13-/m0/s1. The van der Waals surface area contributed by atoms with E-state index in [9.17, 15) is 29.1 Å². The highest BCUT2D eigenvalue weighted by Gasteiger charge is 2.22. The third-order valence-corrected chi connectivity index (χ3v) is 4.53. The number of anilines is 2. The number of carbonyl (C=O) groups is 4.